The van der Waals surface area contributed by atoms with E-state index in [9.17, 15) is 18.4 Å². The summed E-state index contributed by atoms with van der Waals surface area (Å²) in [5.41, 5.74) is 6.61. The maximum absolute atomic E-state index is 13.4. The average Bonchev–Trinajstić information content (AvgIpc) is 3.21. The molecule has 1 saturated heterocycles. The van der Waals surface area contributed by atoms with Crippen LogP contribution >= 0.6 is 0 Å². The predicted molar refractivity (Wildman–Crippen MR) is 102 cm³/mol. The van der Waals surface area contributed by atoms with E-state index in [1.807, 2.05) is 0 Å². The number of nitrogens with zero attached hydrogens (tertiary/aromatic N) is 3. The zero-order valence-corrected chi connectivity index (χ0v) is 15.8. The van der Waals surface area contributed by atoms with Crippen LogP contribution in [0.3, 0.4) is 0 Å². The normalized spacial score (nSPS) is 19.4. The van der Waals surface area contributed by atoms with E-state index in [0.717, 1.165) is 4.90 Å². The maximum atomic E-state index is 13.4. The van der Waals surface area contributed by atoms with Crippen molar-refractivity contribution in [1.29, 1.82) is 0 Å². The maximum Gasteiger partial charge on any atom is 0.259 e. The summed E-state index contributed by atoms with van der Waals surface area (Å²) in [6, 6.07) is 3.56. The van der Waals surface area contributed by atoms with Gasteiger partial charge in [0.1, 0.15) is 24.2 Å². The van der Waals surface area contributed by atoms with Gasteiger partial charge in [0.15, 0.2) is 5.82 Å². The Bertz CT molecular complexity index is 961. The number of rotatable bonds is 5. The van der Waals surface area contributed by atoms with Crippen molar-refractivity contribution < 1.29 is 23.1 Å². The molecule has 2 amide bonds. The molecular formula is C19H21F2N5O3. The van der Waals surface area contributed by atoms with Crippen LogP contribution in [0, 0.1) is 0 Å². The highest BCUT2D eigenvalue weighted by atomic mass is 19.3. The van der Waals surface area contributed by atoms with Gasteiger partial charge in [0.05, 0.1) is 18.2 Å². The molecule has 0 radical (unpaired) electrons. The summed E-state index contributed by atoms with van der Waals surface area (Å²) in [6.07, 6.45) is -0.803. The predicted octanol–water partition coefficient (Wildman–Crippen LogP) is 1.99. The van der Waals surface area contributed by atoms with Crippen LogP contribution in [0.1, 0.15) is 19.8 Å². The van der Waals surface area contributed by atoms with Gasteiger partial charge in [0.2, 0.25) is 11.8 Å². The van der Waals surface area contributed by atoms with Crippen LogP contribution in [0.15, 0.2) is 24.4 Å². The molecule has 1 aromatic carbocycles. The second-order valence-electron chi connectivity index (χ2n) is 7.15. The van der Waals surface area contributed by atoms with E-state index in [1.54, 1.807) is 35.9 Å². The molecule has 2 aliphatic heterocycles. The Balaban J connectivity index is 1.68. The summed E-state index contributed by atoms with van der Waals surface area (Å²) in [5.74, 6) is 0.477. The number of alkyl halides is 2. The van der Waals surface area contributed by atoms with Gasteiger partial charge in [-0.3, -0.25) is 14.5 Å². The molecule has 8 nitrogen and oxygen atoms in total. The van der Waals surface area contributed by atoms with Gasteiger partial charge in [-0.25, -0.2) is 13.8 Å². The molecule has 2 atom stereocenters. The summed E-state index contributed by atoms with van der Waals surface area (Å²) in [7, 11) is 0. The third-order valence-corrected chi connectivity index (χ3v) is 5.18. The molecule has 0 saturated carbocycles. The number of nitrogens with one attached hydrogen (secondary N) is 1. The van der Waals surface area contributed by atoms with Crippen LogP contribution in [0.2, 0.25) is 0 Å². The number of anilines is 2. The summed E-state index contributed by atoms with van der Waals surface area (Å²) < 4.78 is 34.3. The van der Waals surface area contributed by atoms with Crippen LogP contribution in [0.4, 0.5) is 20.3 Å². The van der Waals surface area contributed by atoms with Crippen molar-refractivity contribution in [2.45, 2.75) is 44.8 Å². The van der Waals surface area contributed by atoms with Gasteiger partial charge >= 0.3 is 0 Å². The Labute approximate surface area is 165 Å². The van der Waals surface area contributed by atoms with Crippen molar-refractivity contribution >= 4 is 23.3 Å². The molecule has 0 aliphatic carbocycles. The Hall–Kier alpha value is -3.17. The number of imidazole rings is 1. The number of halogens is 2. The lowest BCUT2D eigenvalue weighted by Crippen LogP contribution is -2.38. The average molecular weight is 405 g/mol. The highest BCUT2D eigenvalue weighted by Crippen LogP contribution is 2.37. The second kappa shape index (κ2) is 7.34. The zero-order valence-electron chi connectivity index (χ0n) is 15.8. The number of aromatic nitrogens is 2. The molecule has 1 aromatic heterocycles. The van der Waals surface area contributed by atoms with E-state index in [1.165, 1.54) is 0 Å². The van der Waals surface area contributed by atoms with Crippen LogP contribution in [-0.2, 0) is 16.1 Å². The number of hydrogen-bond donors (Lipinski definition) is 2. The van der Waals surface area contributed by atoms with Gasteiger partial charge in [0.25, 0.3) is 6.43 Å². The van der Waals surface area contributed by atoms with Crippen molar-refractivity contribution in [3.8, 4) is 17.1 Å². The number of hydrogen-bond acceptors (Lipinski definition) is 5. The van der Waals surface area contributed by atoms with Crippen LogP contribution in [-0.4, -0.2) is 46.5 Å². The fourth-order valence-corrected chi connectivity index (χ4v) is 3.64. The number of benzene rings is 1. The van der Waals surface area contributed by atoms with Crippen molar-refractivity contribution in [2.24, 2.45) is 5.73 Å². The fourth-order valence-electron chi connectivity index (χ4n) is 3.64. The van der Waals surface area contributed by atoms with Gasteiger partial charge in [-0.15, -0.1) is 0 Å². The van der Waals surface area contributed by atoms with E-state index < -0.39 is 24.4 Å². The molecule has 0 spiro atoms. The van der Waals surface area contributed by atoms with Crippen LogP contribution in [0.25, 0.3) is 11.4 Å². The van der Waals surface area contributed by atoms with E-state index >= 15 is 0 Å². The summed E-state index contributed by atoms with van der Waals surface area (Å²) in [5, 5.41) is 2.99. The molecule has 1 fully saturated rings. The van der Waals surface area contributed by atoms with Crippen molar-refractivity contribution in [2.75, 3.05) is 16.8 Å². The van der Waals surface area contributed by atoms with Crippen molar-refractivity contribution in [3.05, 3.63) is 24.4 Å². The Kier molecular flexibility index (Phi) is 4.85. The minimum atomic E-state index is -2.63. The third-order valence-electron chi connectivity index (χ3n) is 5.18. The number of fused-ring (bicyclic) bond motifs is 3. The number of nitrogens with two attached hydrogens (primary N) is 1. The Morgan fingerprint density at radius 1 is 1.41 bits per heavy atom. The highest BCUT2D eigenvalue weighted by Gasteiger charge is 2.39. The molecule has 29 heavy (non-hydrogen) atoms. The molecule has 1 unspecified atom stereocenters. The molecule has 3 N–H and O–H groups in total. The lowest BCUT2D eigenvalue weighted by Gasteiger charge is -2.21. The largest absolute Gasteiger partial charge is 0.491 e. The van der Waals surface area contributed by atoms with Crippen LogP contribution < -0.4 is 20.7 Å². The topological polar surface area (TPSA) is 102 Å². The van der Waals surface area contributed by atoms with Gasteiger partial charge in [0, 0.05) is 24.4 Å². The third kappa shape index (κ3) is 3.50. The van der Waals surface area contributed by atoms with Gasteiger partial charge in [-0.2, -0.15) is 0 Å². The number of ether oxygens (including phenoxy) is 1. The van der Waals surface area contributed by atoms with E-state index in [2.05, 4.69) is 10.3 Å². The Morgan fingerprint density at radius 3 is 2.93 bits per heavy atom. The standard InChI is InChI=1S/C19H21F2N5O3/c1-10(18(22)28)23-11-2-3-12-14(8-11)29-7-6-25-9-15(24-19(12)25)26-13(17(20)21)4-5-16(26)27/h2-3,8-10,13,17,23H,4-7H2,1H3,(H2,22,28)/t10?,13-/m0/s1. The minimum Gasteiger partial charge on any atom is -0.491 e. The zero-order chi connectivity index (χ0) is 20.7. The molecule has 0 bridgehead atoms. The molecule has 4 rings (SSSR count). The highest BCUT2D eigenvalue weighted by molar-refractivity contribution is 5.95. The molecule has 2 aliphatic rings. The molecular weight excluding hydrogens is 384 g/mol. The quantitative estimate of drug-likeness (QED) is 0.792. The van der Waals surface area contributed by atoms with Gasteiger partial charge in [-0.1, -0.05) is 0 Å². The Morgan fingerprint density at radius 2 is 2.21 bits per heavy atom. The second-order valence-corrected chi connectivity index (χ2v) is 7.15. The minimum absolute atomic E-state index is 0.0873. The molecule has 2 aromatic rings. The fraction of sp³-hybridized carbons (Fsp3) is 0.421. The first-order valence-electron chi connectivity index (χ1n) is 9.35. The monoisotopic (exact) mass is 405 g/mol. The summed E-state index contributed by atoms with van der Waals surface area (Å²) in [6.45, 7) is 2.45. The number of primary amides is 1. The number of carbonyl (C=O) groups is 2. The van der Waals surface area contributed by atoms with E-state index in [0.29, 0.717) is 36.0 Å². The number of carbonyl (C=O) groups excluding carboxylic acids is 2. The molecule has 10 heteroatoms. The molecule has 3 heterocycles. The first-order chi connectivity index (χ1) is 13.8. The van der Waals surface area contributed by atoms with Gasteiger partial charge < -0.3 is 20.4 Å². The smallest absolute Gasteiger partial charge is 0.259 e. The van der Waals surface area contributed by atoms with E-state index in [-0.39, 0.29) is 24.6 Å². The summed E-state index contributed by atoms with van der Waals surface area (Å²) in [4.78, 5) is 29.1. The van der Waals surface area contributed by atoms with Crippen LogP contribution in [0.5, 0.6) is 5.75 Å². The summed E-state index contributed by atoms with van der Waals surface area (Å²) >= 11 is 0. The lowest BCUT2D eigenvalue weighted by molar-refractivity contribution is -0.118. The first kappa shape index (κ1) is 19.2. The van der Waals surface area contributed by atoms with Crippen molar-refractivity contribution in [1.82, 2.24) is 9.55 Å². The van der Waals surface area contributed by atoms with Gasteiger partial charge in [-0.05, 0) is 25.5 Å². The number of amides is 2. The van der Waals surface area contributed by atoms with E-state index in [4.69, 9.17) is 10.5 Å². The SMILES string of the molecule is CC(Nc1ccc2c(c1)OCCn1cc(N3C(=O)CC[C@H]3C(F)F)nc1-2)C(N)=O. The first-order valence-corrected chi connectivity index (χ1v) is 9.35. The lowest BCUT2D eigenvalue weighted by atomic mass is 10.1. The molecule has 154 valence electrons. The van der Waals surface area contributed by atoms with Crippen molar-refractivity contribution in [3.63, 3.8) is 0 Å².